The highest BCUT2D eigenvalue weighted by Gasteiger charge is 2.28. The molecular weight excluding hydrogens is 284 g/mol. The third-order valence-corrected chi connectivity index (χ3v) is 4.76. The van der Waals surface area contributed by atoms with Gasteiger partial charge in [-0.3, -0.25) is 0 Å². The maximum absolute atomic E-state index is 4.75. The van der Waals surface area contributed by atoms with Crippen molar-refractivity contribution in [1.82, 2.24) is 25.0 Å². The van der Waals surface area contributed by atoms with E-state index in [2.05, 4.69) is 48.1 Å². The first-order valence-corrected chi connectivity index (χ1v) is 8.58. The molecule has 2 heterocycles. The summed E-state index contributed by atoms with van der Waals surface area (Å²) in [4.78, 5) is 7.11. The number of rotatable bonds is 4. The van der Waals surface area contributed by atoms with Gasteiger partial charge in [-0.15, -0.1) is 10.2 Å². The van der Waals surface area contributed by atoms with Gasteiger partial charge in [0.05, 0.1) is 0 Å². The van der Waals surface area contributed by atoms with Gasteiger partial charge in [0.25, 0.3) is 0 Å². The van der Waals surface area contributed by atoms with E-state index in [0.29, 0.717) is 6.54 Å². The fourth-order valence-electron chi connectivity index (χ4n) is 2.43. The number of hydrogen-bond donors (Lipinski definition) is 1. The van der Waals surface area contributed by atoms with Crippen molar-refractivity contribution in [1.29, 1.82) is 0 Å². The van der Waals surface area contributed by atoms with Crippen molar-refractivity contribution in [3.63, 3.8) is 0 Å². The molecule has 0 radical (unpaired) electrons. The number of nitrogens with one attached hydrogen (secondary N) is 1. The lowest BCUT2D eigenvalue weighted by Gasteiger charge is -2.39. The van der Waals surface area contributed by atoms with E-state index in [1.54, 1.807) is 6.33 Å². The van der Waals surface area contributed by atoms with Gasteiger partial charge >= 0.3 is 0 Å². The van der Waals surface area contributed by atoms with E-state index in [0.717, 1.165) is 43.7 Å². The molecule has 0 atom stereocenters. The number of nitrogens with zero attached hydrogens (tertiary/aromatic N) is 5. The molecule has 0 bridgehead atoms. The van der Waals surface area contributed by atoms with Gasteiger partial charge in [-0.25, -0.2) is 4.99 Å². The Labute approximate surface area is 131 Å². The van der Waals surface area contributed by atoms with Crippen molar-refractivity contribution in [2.24, 2.45) is 4.99 Å². The summed E-state index contributed by atoms with van der Waals surface area (Å²) in [6.07, 6.45) is 1.76. The largest absolute Gasteiger partial charge is 0.357 e. The minimum atomic E-state index is 0.276. The predicted molar refractivity (Wildman–Crippen MR) is 88.6 cm³/mol. The molecular formula is C14H26N6S. The van der Waals surface area contributed by atoms with Gasteiger partial charge in [0.1, 0.15) is 12.9 Å². The van der Waals surface area contributed by atoms with Gasteiger partial charge in [-0.05, 0) is 27.7 Å². The summed E-state index contributed by atoms with van der Waals surface area (Å²) >= 11 is 2.03. The van der Waals surface area contributed by atoms with Crippen molar-refractivity contribution in [2.45, 2.75) is 45.5 Å². The van der Waals surface area contributed by atoms with Gasteiger partial charge in [-0.1, -0.05) is 0 Å². The molecule has 21 heavy (non-hydrogen) atoms. The number of aryl methyl sites for hydroxylation is 1. The fourth-order valence-corrected chi connectivity index (χ4v) is 3.55. The Morgan fingerprint density at radius 3 is 2.95 bits per heavy atom. The zero-order chi connectivity index (χ0) is 15.3. The first-order chi connectivity index (χ1) is 10.1. The van der Waals surface area contributed by atoms with Gasteiger partial charge in [0.15, 0.2) is 11.8 Å². The van der Waals surface area contributed by atoms with Crippen LogP contribution in [0.3, 0.4) is 0 Å². The lowest BCUT2D eigenvalue weighted by Crippen LogP contribution is -2.51. The Balaban J connectivity index is 2.09. The van der Waals surface area contributed by atoms with Gasteiger partial charge in [0.2, 0.25) is 0 Å². The summed E-state index contributed by atoms with van der Waals surface area (Å²) in [5.41, 5.74) is 0. The first-order valence-electron chi connectivity index (χ1n) is 7.59. The number of hydrogen-bond acceptors (Lipinski definition) is 4. The second-order valence-corrected chi connectivity index (χ2v) is 7.54. The van der Waals surface area contributed by atoms with E-state index in [1.807, 2.05) is 16.3 Å². The van der Waals surface area contributed by atoms with Crippen molar-refractivity contribution in [3.8, 4) is 0 Å². The maximum atomic E-state index is 4.75. The standard InChI is InChI=1S/C14H26N6S/c1-5-15-13(20-7-8-21-14(3,4)10-20)16-9-12-18-17-11-19(12)6-2/h11H,5-10H2,1-4H3,(H,15,16). The molecule has 1 fully saturated rings. The fraction of sp³-hybridized carbons (Fsp3) is 0.786. The normalized spacial score (nSPS) is 18.9. The molecule has 1 aliphatic heterocycles. The molecule has 0 spiro atoms. The average molecular weight is 310 g/mol. The summed E-state index contributed by atoms with van der Waals surface area (Å²) < 4.78 is 2.31. The summed E-state index contributed by atoms with van der Waals surface area (Å²) in [6, 6.07) is 0. The molecule has 1 saturated heterocycles. The molecule has 1 aromatic heterocycles. The van der Waals surface area contributed by atoms with Crippen LogP contribution >= 0.6 is 11.8 Å². The summed E-state index contributed by atoms with van der Waals surface area (Å²) in [6.45, 7) is 13.2. The van der Waals surface area contributed by atoms with Crippen molar-refractivity contribution in [2.75, 3.05) is 25.4 Å². The predicted octanol–water partition coefficient (Wildman–Crippen LogP) is 1.59. The molecule has 1 aliphatic rings. The van der Waals surface area contributed by atoms with Crippen molar-refractivity contribution in [3.05, 3.63) is 12.2 Å². The average Bonchev–Trinajstić information content (AvgIpc) is 2.89. The van der Waals surface area contributed by atoms with Crippen LogP contribution in [0.2, 0.25) is 0 Å². The lowest BCUT2D eigenvalue weighted by atomic mass is 10.2. The minimum Gasteiger partial charge on any atom is -0.357 e. The Bertz CT molecular complexity index is 482. The molecule has 7 heteroatoms. The maximum Gasteiger partial charge on any atom is 0.194 e. The molecule has 0 amide bonds. The summed E-state index contributed by atoms with van der Waals surface area (Å²) in [5.74, 6) is 3.04. The Hall–Kier alpha value is -1.24. The van der Waals surface area contributed by atoms with E-state index < -0.39 is 0 Å². The van der Waals surface area contributed by atoms with E-state index in [1.165, 1.54) is 0 Å². The number of aliphatic imine (C=N–C) groups is 1. The molecule has 118 valence electrons. The topological polar surface area (TPSA) is 58.3 Å². The zero-order valence-corrected chi connectivity index (χ0v) is 14.3. The molecule has 2 rings (SSSR count). The van der Waals surface area contributed by atoms with Crippen LogP contribution in [-0.4, -0.2) is 55.8 Å². The minimum absolute atomic E-state index is 0.276. The van der Waals surface area contributed by atoms with Crippen LogP contribution in [0, 0.1) is 0 Å². The number of thioether (sulfide) groups is 1. The van der Waals surface area contributed by atoms with Crippen LogP contribution in [0.25, 0.3) is 0 Å². The molecule has 0 unspecified atom stereocenters. The second-order valence-electron chi connectivity index (χ2n) is 5.73. The van der Waals surface area contributed by atoms with E-state index in [-0.39, 0.29) is 4.75 Å². The second kappa shape index (κ2) is 7.15. The van der Waals surface area contributed by atoms with E-state index in [4.69, 9.17) is 4.99 Å². The third kappa shape index (κ3) is 4.36. The van der Waals surface area contributed by atoms with Gasteiger partial charge in [0, 0.05) is 36.7 Å². The van der Waals surface area contributed by atoms with Crippen molar-refractivity contribution < 1.29 is 0 Å². The van der Waals surface area contributed by atoms with Crippen LogP contribution in [0.1, 0.15) is 33.5 Å². The molecule has 1 aromatic rings. The molecule has 0 aliphatic carbocycles. The number of aromatic nitrogens is 3. The lowest BCUT2D eigenvalue weighted by molar-refractivity contribution is 0.375. The van der Waals surface area contributed by atoms with Gasteiger partial charge in [-0.2, -0.15) is 11.8 Å². The molecule has 1 N–H and O–H groups in total. The SMILES string of the molecule is CCNC(=NCc1nncn1CC)N1CCSC(C)(C)C1. The molecule has 6 nitrogen and oxygen atoms in total. The molecule has 0 aromatic carbocycles. The Morgan fingerprint density at radius 2 is 2.29 bits per heavy atom. The van der Waals surface area contributed by atoms with Crippen LogP contribution in [0.5, 0.6) is 0 Å². The summed E-state index contributed by atoms with van der Waals surface area (Å²) in [5, 5.41) is 11.5. The van der Waals surface area contributed by atoms with Crippen LogP contribution in [-0.2, 0) is 13.1 Å². The monoisotopic (exact) mass is 310 g/mol. The molecule has 0 saturated carbocycles. The van der Waals surface area contributed by atoms with Crippen LogP contribution in [0.4, 0.5) is 0 Å². The van der Waals surface area contributed by atoms with E-state index in [9.17, 15) is 0 Å². The van der Waals surface area contributed by atoms with Crippen LogP contribution in [0.15, 0.2) is 11.3 Å². The Morgan fingerprint density at radius 1 is 1.48 bits per heavy atom. The highest BCUT2D eigenvalue weighted by molar-refractivity contribution is 8.00. The third-order valence-electron chi connectivity index (χ3n) is 3.47. The van der Waals surface area contributed by atoms with E-state index >= 15 is 0 Å². The summed E-state index contributed by atoms with van der Waals surface area (Å²) in [7, 11) is 0. The zero-order valence-electron chi connectivity index (χ0n) is 13.5. The van der Waals surface area contributed by atoms with Crippen LogP contribution < -0.4 is 5.32 Å². The number of guanidine groups is 1. The quantitative estimate of drug-likeness (QED) is 0.676. The highest BCUT2D eigenvalue weighted by atomic mass is 32.2. The highest BCUT2D eigenvalue weighted by Crippen LogP contribution is 2.29. The first kappa shape index (κ1) is 16.1. The smallest absolute Gasteiger partial charge is 0.194 e. The van der Waals surface area contributed by atoms with Crippen molar-refractivity contribution >= 4 is 17.7 Å². The van der Waals surface area contributed by atoms with Gasteiger partial charge < -0.3 is 14.8 Å². The Kier molecular flexibility index (Phi) is 5.50.